The number of hydrogen-bond donors (Lipinski definition) is 1. The molecule has 0 aromatic heterocycles. The normalized spacial score (nSPS) is 32.0. The Hall–Kier alpha value is 0.230. The smallest absolute Gasteiger partial charge is 0.0598 e. The van der Waals surface area contributed by atoms with Gasteiger partial charge in [-0.25, -0.2) is 0 Å². The summed E-state index contributed by atoms with van der Waals surface area (Å²) in [7, 11) is 0. The van der Waals surface area contributed by atoms with E-state index >= 15 is 0 Å². The molecule has 3 atom stereocenters. The lowest BCUT2D eigenvalue weighted by Crippen LogP contribution is -2.48. The zero-order valence-electron chi connectivity index (χ0n) is 15.1. The van der Waals surface area contributed by atoms with Crippen molar-refractivity contribution in [1.29, 1.82) is 0 Å². The molecule has 2 fully saturated rings. The van der Waals surface area contributed by atoms with E-state index in [1.165, 1.54) is 52.0 Å². The Morgan fingerprint density at radius 1 is 1.14 bits per heavy atom. The van der Waals surface area contributed by atoms with Crippen molar-refractivity contribution < 1.29 is 4.74 Å². The second-order valence-electron chi connectivity index (χ2n) is 8.26. The lowest BCUT2D eigenvalue weighted by molar-refractivity contribution is -0.0243. The molecule has 0 unspecified atom stereocenters. The fraction of sp³-hybridized carbons (Fsp3) is 1.00. The number of piperazine rings is 1. The van der Waals surface area contributed by atoms with Gasteiger partial charge in [0.1, 0.15) is 0 Å². The first-order valence-corrected chi connectivity index (χ1v) is 9.64. The second kappa shape index (κ2) is 8.36. The number of rotatable bonds is 6. The Balaban J connectivity index is 1.66. The molecule has 1 aliphatic carbocycles. The number of likely N-dealkylation sites (N-methyl/N-ethyl adjacent to an activating group) is 1. The van der Waals surface area contributed by atoms with Crippen molar-refractivity contribution in [2.75, 3.05) is 45.9 Å². The van der Waals surface area contributed by atoms with Gasteiger partial charge in [-0.05, 0) is 37.1 Å². The summed E-state index contributed by atoms with van der Waals surface area (Å²) in [6, 6.07) is 0. The van der Waals surface area contributed by atoms with E-state index in [9.17, 15) is 0 Å². The molecular weight excluding hydrogens is 292 g/mol. The Morgan fingerprint density at radius 2 is 1.77 bits per heavy atom. The first kappa shape index (κ1) is 18.6. The van der Waals surface area contributed by atoms with Gasteiger partial charge in [-0.2, -0.15) is 12.6 Å². The van der Waals surface area contributed by atoms with Crippen LogP contribution in [0, 0.1) is 11.3 Å². The minimum Gasteiger partial charge on any atom is -0.377 e. The standard InChI is InChI=1S/C18H36N2OS/c1-5-19-6-8-20(9-7-19)13-17(22)14-21-16-10-15(2)11-18(3,4)12-16/h15-17,22H,5-14H2,1-4H3/t15-,16+,17-/m0/s1. The molecule has 2 rings (SSSR count). The molecule has 2 aliphatic rings. The van der Waals surface area contributed by atoms with Gasteiger partial charge in [0.05, 0.1) is 12.7 Å². The van der Waals surface area contributed by atoms with Gasteiger partial charge in [-0.1, -0.05) is 27.7 Å². The van der Waals surface area contributed by atoms with Gasteiger partial charge in [-0.15, -0.1) is 0 Å². The van der Waals surface area contributed by atoms with Crippen LogP contribution in [0.5, 0.6) is 0 Å². The highest BCUT2D eigenvalue weighted by atomic mass is 32.1. The highest BCUT2D eigenvalue weighted by molar-refractivity contribution is 7.81. The lowest BCUT2D eigenvalue weighted by atomic mass is 9.71. The number of hydrogen-bond acceptors (Lipinski definition) is 4. The molecule has 0 N–H and O–H groups in total. The van der Waals surface area contributed by atoms with Crippen molar-refractivity contribution in [2.24, 2.45) is 11.3 Å². The van der Waals surface area contributed by atoms with Gasteiger partial charge in [0.15, 0.2) is 0 Å². The van der Waals surface area contributed by atoms with Crippen LogP contribution >= 0.6 is 12.6 Å². The van der Waals surface area contributed by atoms with Crippen molar-refractivity contribution >= 4 is 12.6 Å². The van der Waals surface area contributed by atoms with Crippen LogP contribution in [-0.4, -0.2) is 67.0 Å². The van der Waals surface area contributed by atoms with Crippen molar-refractivity contribution in [3.05, 3.63) is 0 Å². The SMILES string of the molecule is CCN1CCN(C[C@H](S)CO[C@@H]2C[C@H](C)CC(C)(C)C2)CC1. The zero-order valence-corrected chi connectivity index (χ0v) is 15.9. The van der Waals surface area contributed by atoms with Crippen molar-refractivity contribution in [3.8, 4) is 0 Å². The summed E-state index contributed by atoms with van der Waals surface area (Å²) in [6.07, 6.45) is 4.19. The zero-order chi connectivity index (χ0) is 16.2. The maximum Gasteiger partial charge on any atom is 0.0598 e. The summed E-state index contributed by atoms with van der Waals surface area (Å²) in [5.74, 6) is 0.786. The molecule has 1 aliphatic heterocycles. The molecule has 0 radical (unpaired) electrons. The van der Waals surface area contributed by atoms with Crippen molar-refractivity contribution in [2.45, 2.75) is 58.3 Å². The predicted octanol–water partition coefficient (Wildman–Crippen LogP) is 3.15. The molecule has 22 heavy (non-hydrogen) atoms. The molecule has 0 amide bonds. The van der Waals surface area contributed by atoms with Crippen LogP contribution in [0.2, 0.25) is 0 Å². The topological polar surface area (TPSA) is 15.7 Å². The Kier molecular flexibility index (Phi) is 7.06. The minimum absolute atomic E-state index is 0.341. The Morgan fingerprint density at radius 3 is 2.36 bits per heavy atom. The summed E-state index contributed by atoms with van der Waals surface area (Å²) in [5.41, 5.74) is 0.435. The minimum atomic E-state index is 0.341. The summed E-state index contributed by atoms with van der Waals surface area (Å²) in [5, 5.41) is 0.341. The number of nitrogens with zero attached hydrogens (tertiary/aromatic N) is 2. The highest BCUT2D eigenvalue weighted by Crippen LogP contribution is 2.39. The highest BCUT2D eigenvalue weighted by Gasteiger charge is 2.32. The van der Waals surface area contributed by atoms with Gasteiger partial charge >= 0.3 is 0 Å². The van der Waals surface area contributed by atoms with E-state index in [4.69, 9.17) is 17.4 Å². The summed E-state index contributed by atoms with van der Waals surface area (Å²) < 4.78 is 6.22. The molecule has 4 heteroatoms. The van der Waals surface area contributed by atoms with E-state index in [0.29, 0.717) is 16.8 Å². The van der Waals surface area contributed by atoms with Crippen LogP contribution in [-0.2, 0) is 4.74 Å². The molecule has 130 valence electrons. The molecule has 0 aromatic rings. The van der Waals surface area contributed by atoms with E-state index in [1.54, 1.807) is 0 Å². The van der Waals surface area contributed by atoms with Crippen LogP contribution in [0.25, 0.3) is 0 Å². The van der Waals surface area contributed by atoms with Crippen molar-refractivity contribution in [3.63, 3.8) is 0 Å². The molecule has 0 aromatic carbocycles. The summed E-state index contributed by atoms with van der Waals surface area (Å²) in [6.45, 7) is 17.2. The second-order valence-corrected chi connectivity index (χ2v) is 8.99. The molecule has 0 bridgehead atoms. The number of ether oxygens (including phenoxy) is 1. The third-order valence-corrected chi connectivity index (χ3v) is 5.56. The van der Waals surface area contributed by atoms with E-state index < -0.39 is 0 Å². The van der Waals surface area contributed by atoms with Gasteiger partial charge in [0, 0.05) is 38.0 Å². The first-order valence-electron chi connectivity index (χ1n) is 9.12. The predicted molar refractivity (Wildman–Crippen MR) is 97.9 cm³/mol. The summed E-state index contributed by atoms with van der Waals surface area (Å²) >= 11 is 4.77. The number of thiol groups is 1. The third kappa shape index (κ3) is 6.03. The van der Waals surface area contributed by atoms with Crippen molar-refractivity contribution in [1.82, 2.24) is 9.80 Å². The molecular formula is C18H36N2OS. The monoisotopic (exact) mass is 328 g/mol. The molecule has 1 saturated heterocycles. The van der Waals surface area contributed by atoms with E-state index in [2.05, 4.69) is 37.5 Å². The third-order valence-electron chi connectivity index (χ3n) is 5.25. The Labute approximate surface area is 143 Å². The Bertz CT molecular complexity index is 329. The van der Waals surface area contributed by atoms with Crippen LogP contribution in [0.3, 0.4) is 0 Å². The molecule has 0 spiro atoms. The average molecular weight is 329 g/mol. The van der Waals surface area contributed by atoms with Gasteiger partial charge in [-0.3, -0.25) is 4.90 Å². The van der Waals surface area contributed by atoms with Gasteiger partial charge in [0.25, 0.3) is 0 Å². The fourth-order valence-corrected chi connectivity index (χ4v) is 4.59. The van der Waals surface area contributed by atoms with Crippen LogP contribution in [0.4, 0.5) is 0 Å². The van der Waals surface area contributed by atoms with Gasteiger partial charge < -0.3 is 9.64 Å². The maximum absolute atomic E-state index is 6.22. The lowest BCUT2D eigenvalue weighted by Gasteiger charge is -2.39. The van der Waals surface area contributed by atoms with E-state index in [-0.39, 0.29) is 0 Å². The largest absolute Gasteiger partial charge is 0.377 e. The molecule has 3 nitrogen and oxygen atoms in total. The van der Waals surface area contributed by atoms with Gasteiger partial charge in [0.2, 0.25) is 0 Å². The van der Waals surface area contributed by atoms with E-state index in [1.807, 2.05) is 0 Å². The maximum atomic E-state index is 6.22. The fourth-order valence-electron chi connectivity index (χ4n) is 4.27. The van der Waals surface area contributed by atoms with Crippen LogP contribution in [0.1, 0.15) is 47.0 Å². The quantitative estimate of drug-likeness (QED) is 0.754. The van der Waals surface area contributed by atoms with E-state index in [0.717, 1.165) is 19.1 Å². The average Bonchev–Trinajstić information content (AvgIpc) is 2.44. The van der Waals surface area contributed by atoms with Crippen LogP contribution < -0.4 is 0 Å². The summed E-state index contributed by atoms with van der Waals surface area (Å²) in [4.78, 5) is 5.06. The molecule has 1 saturated carbocycles. The molecule has 1 heterocycles. The van der Waals surface area contributed by atoms with Crippen LogP contribution in [0.15, 0.2) is 0 Å². The first-order chi connectivity index (χ1) is 10.4.